The number of hydrogen-bond acceptors (Lipinski definition) is 41. The maximum absolute atomic E-state index is 12.2. The molecule has 0 aromatic heterocycles. The average Bonchev–Trinajstić information content (AvgIpc) is 0.783. The van der Waals surface area contributed by atoms with Crippen LogP contribution >= 0.6 is 0 Å². The van der Waals surface area contributed by atoms with Crippen molar-refractivity contribution in [2.75, 3.05) is 59.5 Å². The van der Waals surface area contributed by atoms with E-state index in [1.54, 1.807) is 0 Å². The molecule has 0 bridgehead atoms. The SMILES string of the molecule is CC(=O)N[C@@H](CO)[C@@H](O)[C@H](O[C@@H]1O[C@H](CO[C@H]2O[C@H](CO[C@H]3O[C@H](CO)[C@@H](O)[C@H](O)[C@@H]3O)[C@@H](O)[C@H](O[C@H]3O[C@H](CO)[C@@H](O)[C@H](O)[C@@H]3O[C@H]3O[C@H](CO)[C@@H](O)[C@H](O)[C@@H]3O)[C@@H]2O)[C@@H](O)[C@H](O[C@H]2O[C@H](CO)[C@@H](O)[C@H](O)[C@@H]2O[C@H]2O[C@H](CO)[C@@H](O)[C@H](O)[C@@H]2O)[C@@H]1O)[C@H](O)CO. The summed E-state index contributed by atoms with van der Waals surface area (Å²) in [5.41, 5.74) is 0. The van der Waals surface area contributed by atoms with E-state index in [-0.39, 0.29) is 0 Å². The highest BCUT2D eigenvalue weighted by atomic mass is 16.8. The molecule has 42 nitrogen and oxygen atoms in total. The molecular weight excluding hydrogens is 1270 g/mol. The van der Waals surface area contributed by atoms with Crippen LogP contribution in [0.2, 0.25) is 0 Å². The Morgan fingerprint density at radius 2 is 0.652 bits per heavy atom. The van der Waals surface area contributed by atoms with Crippen molar-refractivity contribution < 1.29 is 204 Å². The second-order valence-corrected chi connectivity index (χ2v) is 23.0. The maximum atomic E-state index is 12.2. The van der Waals surface area contributed by atoms with Crippen LogP contribution in [0.15, 0.2) is 0 Å². The summed E-state index contributed by atoms with van der Waals surface area (Å²) in [5.74, 6) is -0.849. The Kier molecular flexibility index (Phi) is 28.6. The van der Waals surface area contributed by atoms with Gasteiger partial charge in [0.05, 0.1) is 65.5 Å². The van der Waals surface area contributed by atoms with E-state index in [2.05, 4.69) is 5.32 Å². The first-order valence-corrected chi connectivity index (χ1v) is 29.1. The third-order valence-electron chi connectivity index (χ3n) is 16.7. The minimum Gasteiger partial charge on any atom is -0.394 e. The number of nitrogens with one attached hydrogen (secondary N) is 1. The second kappa shape index (κ2) is 34.1. The predicted molar refractivity (Wildman–Crippen MR) is 278 cm³/mol. The second-order valence-electron chi connectivity index (χ2n) is 23.0. The normalized spacial score (nSPS) is 48.5. The first-order chi connectivity index (χ1) is 43.5. The minimum absolute atomic E-state index is 0.849. The zero-order valence-electron chi connectivity index (χ0n) is 48.6. The van der Waals surface area contributed by atoms with Crippen molar-refractivity contribution in [1.29, 1.82) is 0 Å². The van der Waals surface area contributed by atoms with E-state index < -0.39 is 305 Å². The Morgan fingerprint density at radius 1 is 0.348 bits per heavy atom. The molecule has 0 aromatic carbocycles. The number of ether oxygens (including phenoxy) is 14. The van der Waals surface area contributed by atoms with Crippen molar-refractivity contribution in [2.45, 2.75) is 246 Å². The van der Waals surface area contributed by atoms with E-state index in [9.17, 15) is 138 Å². The van der Waals surface area contributed by atoms with Crippen molar-refractivity contribution >= 4 is 5.91 Å². The van der Waals surface area contributed by atoms with Gasteiger partial charge in [0.25, 0.3) is 0 Å². The van der Waals surface area contributed by atoms with Gasteiger partial charge in [-0.15, -0.1) is 0 Å². The highest BCUT2D eigenvalue weighted by Crippen LogP contribution is 2.38. The number of carbonyl (C=O) groups is 1. The van der Waals surface area contributed by atoms with Crippen LogP contribution in [0.5, 0.6) is 0 Å². The molecule has 538 valence electrons. The lowest BCUT2D eigenvalue weighted by Crippen LogP contribution is -2.68. The molecule has 0 radical (unpaired) electrons. The molecule has 0 aliphatic carbocycles. The van der Waals surface area contributed by atoms with Crippen molar-refractivity contribution in [3.05, 3.63) is 0 Å². The van der Waals surface area contributed by atoms with Gasteiger partial charge in [0.15, 0.2) is 44.0 Å². The Labute approximate surface area is 520 Å². The number of aliphatic hydroxyl groups is 26. The van der Waals surface area contributed by atoms with Gasteiger partial charge in [-0.3, -0.25) is 4.79 Å². The molecule has 7 heterocycles. The molecule has 0 saturated carbocycles. The fourth-order valence-corrected chi connectivity index (χ4v) is 11.2. The molecule has 27 N–H and O–H groups in total. The van der Waals surface area contributed by atoms with Gasteiger partial charge in [0.2, 0.25) is 5.91 Å². The van der Waals surface area contributed by atoms with E-state index >= 15 is 0 Å². The van der Waals surface area contributed by atoms with Gasteiger partial charge in [0.1, 0.15) is 189 Å². The molecule has 42 heteroatoms. The molecule has 1 amide bonds. The average molecular weight is 1360 g/mol. The zero-order valence-corrected chi connectivity index (χ0v) is 48.6. The van der Waals surface area contributed by atoms with Gasteiger partial charge in [0, 0.05) is 6.92 Å². The molecule has 7 fully saturated rings. The number of carbonyl (C=O) groups excluding carboxylic acids is 1. The Balaban J connectivity index is 1.24. The predicted octanol–water partition coefficient (Wildman–Crippen LogP) is -18.7. The van der Waals surface area contributed by atoms with Gasteiger partial charge in [-0.05, 0) is 0 Å². The molecule has 39 atom stereocenters. The van der Waals surface area contributed by atoms with Crippen LogP contribution < -0.4 is 5.32 Å². The summed E-state index contributed by atoms with van der Waals surface area (Å²) in [7, 11) is 0. The fraction of sp³-hybridized carbons (Fsp3) is 0.980. The first kappa shape index (κ1) is 77.2. The van der Waals surface area contributed by atoms with E-state index in [0.717, 1.165) is 6.92 Å². The fourth-order valence-electron chi connectivity index (χ4n) is 11.2. The molecule has 0 spiro atoms. The zero-order chi connectivity index (χ0) is 68.1. The minimum atomic E-state index is -2.50. The third-order valence-corrected chi connectivity index (χ3v) is 16.7. The van der Waals surface area contributed by atoms with Gasteiger partial charge in [-0.2, -0.15) is 0 Å². The molecule has 7 aliphatic heterocycles. The van der Waals surface area contributed by atoms with E-state index in [1.807, 2.05) is 0 Å². The monoisotopic (exact) mass is 1360 g/mol. The molecule has 7 aliphatic rings. The summed E-state index contributed by atoms with van der Waals surface area (Å²) in [5, 5.41) is 283. The molecule has 0 unspecified atom stereocenters. The highest BCUT2D eigenvalue weighted by Gasteiger charge is 2.58. The summed E-state index contributed by atoms with van der Waals surface area (Å²) in [6.07, 6.45) is -80.5. The molecule has 7 rings (SSSR count). The van der Waals surface area contributed by atoms with Gasteiger partial charge < -0.3 is 204 Å². The quantitative estimate of drug-likeness (QED) is 0.0363. The first-order valence-electron chi connectivity index (χ1n) is 29.1. The van der Waals surface area contributed by atoms with Crippen LogP contribution in [-0.2, 0) is 71.1 Å². The van der Waals surface area contributed by atoms with Crippen molar-refractivity contribution in [3.8, 4) is 0 Å². The summed E-state index contributed by atoms with van der Waals surface area (Å²) in [6.45, 7) is -8.70. The Morgan fingerprint density at radius 3 is 1.01 bits per heavy atom. The number of rotatable bonds is 27. The smallest absolute Gasteiger partial charge is 0.217 e. The summed E-state index contributed by atoms with van der Waals surface area (Å²) >= 11 is 0. The van der Waals surface area contributed by atoms with Crippen molar-refractivity contribution in [2.24, 2.45) is 0 Å². The van der Waals surface area contributed by atoms with Gasteiger partial charge in [-0.25, -0.2) is 0 Å². The lowest BCUT2D eigenvalue weighted by Gasteiger charge is -2.49. The van der Waals surface area contributed by atoms with Crippen molar-refractivity contribution in [1.82, 2.24) is 5.32 Å². The molecule has 7 saturated heterocycles. The topological polar surface area (TPSA) is 684 Å². The van der Waals surface area contributed by atoms with Crippen molar-refractivity contribution in [3.63, 3.8) is 0 Å². The number of hydrogen-bond donors (Lipinski definition) is 27. The van der Waals surface area contributed by atoms with Gasteiger partial charge in [-0.1, -0.05) is 0 Å². The Bertz CT molecular complexity index is 2210. The number of amides is 1. The molecular formula is C50H87NO41. The van der Waals surface area contributed by atoms with Crippen LogP contribution in [0.4, 0.5) is 0 Å². The van der Waals surface area contributed by atoms with Crippen LogP contribution in [0.1, 0.15) is 6.92 Å². The summed E-state index contributed by atoms with van der Waals surface area (Å²) in [6, 6.07) is -1.71. The van der Waals surface area contributed by atoms with Crippen LogP contribution in [0.25, 0.3) is 0 Å². The van der Waals surface area contributed by atoms with Crippen LogP contribution in [-0.4, -0.2) is 437 Å². The lowest BCUT2D eigenvalue weighted by molar-refractivity contribution is -0.398. The van der Waals surface area contributed by atoms with Crippen LogP contribution in [0.3, 0.4) is 0 Å². The highest BCUT2D eigenvalue weighted by molar-refractivity contribution is 5.73. The Hall–Kier alpha value is -2.13. The van der Waals surface area contributed by atoms with Gasteiger partial charge >= 0.3 is 0 Å². The molecule has 92 heavy (non-hydrogen) atoms. The molecule has 0 aromatic rings. The third kappa shape index (κ3) is 16.9. The summed E-state index contributed by atoms with van der Waals surface area (Å²) in [4.78, 5) is 12.1. The van der Waals surface area contributed by atoms with Crippen LogP contribution in [0, 0.1) is 0 Å². The summed E-state index contributed by atoms with van der Waals surface area (Å²) < 4.78 is 80.3. The van der Waals surface area contributed by atoms with E-state index in [0.29, 0.717) is 0 Å². The van der Waals surface area contributed by atoms with E-state index in [1.165, 1.54) is 0 Å². The number of aliphatic hydroxyl groups excluding tert-OH is 26. The lowest BCUT2D eigenvalue weighted by atomic mass is 9.95. The van der Waals surface area contributed by atoms with E-state index in [4.69, 9.17) is 66.3 Å². The largest absolute Gasteiger partial charge is 0.394 e. The standard InChI is InChI=1S/C50H87NO41/c1-11(59)51-12(2-52)21(61)39(13(60)3-53)88-48-38(78)41(90-50-43(33(73)26(66)18(8-58)85-50)92-47-36(76)31(71)24(64)16(6-56)83-47)28(68)20(87-48)10-80-45-37(77)40(27(67)19(86-45)9-79-44-34(74)29(69)22(62)14(4-54)81-44)89-49-42(32(72)25(65)17(7-57)84-49)91-46-35(75)30(70)23(63)15(5-55)82-46/h12-50,52-58,60-78H,2-10H2,1H3,(H,51,59)/t12-,13+,14+,15+,16+,17+,18+,19+,20+,21+,22+,23+,24+,25+,26+,27+,28+,29-,30-,31-,32-,33-,34-,35-,36-,37-,38-,39+,40-,41-,42-,43-,44-,45-,46+,47+,48-,49+,50+/m0/s1. The maximum Gasteiger partial charge on any atom is 0.217 e.